The number of ether oxygens (including phenoxy) is 1. The summed E-state index contributed by atoms with van der Waals surface area (Å²) in [5.74, 6) is -1.28. The van der Waals surface area contributed by atoms with E-state index in [4.69, 9.17) is 9.84 Å². The normalized spacial score (nSPS) is 18.2. The summed E-state index contributed by atoms with van der Waals surface area (Å²) in [4.78, 5) is 10.8. The number of carboxylic acids is 1. The van der Waals surface area contributed by atoms with E-state index in [2.05, 4.69) is 11.6 Å². The van der Waals surface area contributed by atoms with Gasteiger partial charge in [-0.25, -0.2) is 0 Å². The van der Waals surface area contributed by atoms with Gasteiger partial charge in [-0.05, 0) is 19.3 Å². The third-order valence-electron chi connectivity index (χ3n) is 3.32. The van der Waals surface area contributed by atoms with E-state index in [0.29, 0.717) is 26.1 Å². The number of unbranched alkanes of at least 4 members (excludes halogenated alkanes) is 1. The maximum atomic E-state index is 12.0. The number of carboxylic acid groups (broad SMARTS) is 1. The largest absolute Gasteiger partial charge is 0.481 e. The van der Waals surface area contributed by atoms with Gasteiger partial charge in [0.1, 0.15) is 0 Å². The summed E-state index contributed by atoms with van der Waals surface area (Å²) in [6.45, 7) is 3.80. The van der Waals surface area contributed by atoms with Gasteiger partial charge in [0.2, 0.25) is 0 Å². The average Bonchev–Trinajstić information content (AvgIpc) is 2.43. The molecule has 0 bridgehead atoms. The molecule has 0 aromatic rings. The fraction of sp³-hybridized carbons (Fsp3) is 0.917. The molecular weight excluding hydrogens is 284 g/mol. The minimum atomic E-state index is -3.51. The molecule has 1 rings (SSSR count). The molecule has 1 aliphatic rings. The third-order valence-corrected chi connectivity index (χ3v) is 4.93. The maximum Gasteiger partial charge on any atom is 0.306 e. The Balaban J connectivity index is 2.26. The van der Waals surface area contributed by atoms with Gasteiger partial charge in [-0.2, -0.15) is 17.4 Å². The summed E-state index contributed by atoms with van der Waals surface area (Å²) < 4.78 is 33.0. The molecule has 118 valence electrons. The van der Waals surface area contributed by atoms with Gasteiger partial charge in [-0.1, -0.05) is 13.3 Å². The highest BCUT2D eigenvalue weighted by atomic mass is 32.2. The highest BCUT2D eigenvalue weighted by molar-refractivity contribution is 7.87. The molecule has 20 heavy (non-hydrogen) atoms. The van der Waals surface area contributed by atoms with Gasteiger partial charge in [0.05, 0.1) is 12.5 Å². The van der Waals surface area contributed by atoms with E-state index in [0.717, 1.165) is 12.8 Å². The smallest absolute Gasteiger partial charge is 0.306 e. The second kappa shape index (κ2) is 8.56. The number of aliphatic carboxylic acids is 1. The lowest BCUT2D eigenvalue weighted by atomic mass is 9.99. The van der Waals surface area contributed by atoms with Crippen molar-refractivity contribution >= 4 is 16.2 Å². The van der Waals surface area contributed by atoms with Crippen molar-refractivity contribution in [2.75, 3.05) is 32.8 Å². The Morgan fingerprint density at radius 1 is 1.35 bits per heavy atom. The molecule has 1 aliphatic heterocycles. The van der Waals surface area contributed by atoms with E-state index in [9.17, 15) is 13.2 Å². The van der Waals surface area contributed by atoms with E-state index in [1.165, 1.54) is 4.31 Å². The molecule has 0 aromatic heterocycles. The van der Waals surface area contributed by atoms with E-state index < -0.39 is 22.1 Å². The maximum absolute atomic E-state index is 12.0. The predicted molar refractivity (Wildman–Crippen MR) is 74.6 cm³/mol. The SMILES string of the molecule is CCCCOCCNS(=O)(=O)N1CCC(C(=O)O)CC1. The summed E-state index contributed by atoms with van der Waals surface area (Å²) in [7, 11) is -3.51. The lowest BCUT2D eigenvalue weighted by Gasteiger charge is -2.29. The molecule has 0 atom stereocenters. The van der Waals surface area contributed by atoms with Crippen LogP contribution in [0.15, 0.2) is 0 Å². The van der Waals surface area contributed by atoms with Gasteiger partial charge >= 0.3 is 5.97 Å². The van der Waals surface area contributed by atoms with Crippen molar-refractivity contribution in [2.24, 2.45) is 5.92 Å². The molecule has 0 saturated carbocycles. The van der Waals surface area contributed by atoms with E-state index in [-0.39, 0.29) is 19.6 Å². The van der Waals surface area contributed by atoms with E-state index in [1.807, 2.05) is 0 Å². The van der Waals surface area contributed by atoms with Gasteiger partial charge in [0, 0.05) is 26.2 Å². The van der Waals surface area contributed by atoms with Gasteiger partial charge in [0.15, 0.2) is 0 Å². The first-order chi connectivity index (χ1) is 9.47. The second-order valence-corrected chi connectivity index (χ2v) is 6.63. The Labute approximate surface area is 120 Å². The summed E-state index contributed by atoms with van der Waals surface area (Å²) in [6.07, 6.45) is 2.74. The van der Waals surface area contributed by atoms with Crippen LogP contribution in [0.3, 0.4) is 0 Å². The average molecular weight is 308 g/mol. The first-order valence-electron chi connectivity index (χ1n) is 7.02. The number of rotatable bonds is 9. The van der Waals surface area contributed by atoms with Crippen LogP contribution in [-0.2, 0) is 19.7 Å². The molecule has 8 heteroatoms. The summed E-state index contributed by atoms with van der Waals surface area (Å²) in [5.41, 5.74) is 0. The number of nitrogens with zero attached hydrogens (tertiary/aromatic N) is 1. The zero-order chi connectivity index (χ0) is 15.0. The van der Waals surface area contributed by atoms with Crippen LogP contribution in [0.2, 0.25) is 0 Å². The minimum absolute atomic E-state index is 0.241. The second-order valence-electron chi connectivity index (χ2n) is 4.88. The standard InChI is InChI=1S/C12H24N2O5S/c1-2-3-9-19-10-6-13-20(17,18)14-7-4-11(5-8-14)12(15)16/h11,13H,2-10H2,1H3,(H,15,16). The van der Waals surface area contributed by atoms with Crippen molar-refractivity contribution < 1.29 is 23.1 Å². The molecule has 7 nitrogen and oxygen atoms in total. The van der Waals surface area contributed by atoms with Crippen LogP contribution in [-0.4, -0.2) is 56.6 Å². The van der Waals surface area contributed by atoms with E-state index in [1.54, 1.807) is 0 Å². The third kappa shape index (κ3) is 5.74. The van der Waals surface area contributed by atoms with Crippen LogP contribution < -0.4 is 4.72 Å². The van der Waals surface area contributed by atoms with Crippen LogP contribution >= 0.6 is 0 Å². The van der Waals surface area contributed by atoms with E-state index >= 15 is 0 Å². The topological polar surface area (TPSA) is 95.9 Å². The highest BCUT2D eigenvalue weighted by Gasteiger charge is 2.30. The quantitative estimate of drug-likeness (QED) is 0.602. The molecule has 1 saturated heterocycles. The summed E-state index contributed by atoms with van der Waals surface area (Å²) in [5, 5.41) is 8.87. The van der Waals surface area contributed by atoms with Crippen molar-refractivity contribution in [3.63, 3.8) is 0 Å². The molecule has 0 aliphatic carbocycles. The fourth-order valence-corrected chi connectivity index (χ4v) is 3.24. The number of piperidine rings is 1. The van der Waals surface area contributed by atoms with Gasteiger partial charge < -0.3 is 9.84 Å². The van der Waals surface area contributed by atoms with Crippen molar-refractivity contribution in [3.8, 4) is 0 Å². The molecule has 0 aromatic carbocycles. The zero-order valence-corrected chi connectivity index (χ0v) is 12.7. The highest BCUT2D eigenvalue weighted by Crippen LogP contribution is 2.18. The van der Waals surface area contributed by atoms with Gasteiger partial charge in [-0.15, -0.1) is 0 Å². The van der Waals surface area contributed by atoms with Crippen LogP contribution in [0.1, 0.15) is 32.6 Å². The molecule has 1 heterocycles. The van der Waals surface area contributed by atoms with Crippen LogP contribution in [0.4, 0.5) is 0 Å². The lowest BCUT2D eigenvalue weighted by molar-refractivity contribution is -0.142. The molecule has 0 radical (unpaired) electrons. The van der Waals surface area contributed by atoms with Crippen molar-refractivity contribution in [2.45, 2.75) is 32.6 Å². The van der Waals surface area contributed by atoms with Crippen LogP contribution in [0.5, 0.6) is 0 Å². The molecule has 1 fully saturated rings. The predicted octanol–water partition coefficient (Wildman–Crippen LogP) is 0.434. The first-order valence-corrected chi connectivity index (χ1v) is 8.46. The summed E-state index contributed by atoms with van der Waals surface area (Å²) >= 11 is 0. The van der Waals surface area contributed by atoms with Crippen LogP contribution in [0, 0.1) is 5.92 Å². The number of nitrogens with one attached hydrogen (secondary N) is 1. The molecule has 0 spiro atoms. The lowest BCUT2D eigenvalue weighted by Crippen LogP contribution is -2.46. The minimum Gasteiger partial charge on any atom is -0.481 e. The fourth-order valence-electron chi connectivity index (χ4n) is 2.03. The Hall–Kier alpha value is -0.700. The van der Waals surface area contributed by atoms with Crippen molar-refractivity contribution in [1.82, 2.24) is 9.03 Å². The number of carbonyl (C=O) groups is 1. The molecule has 0 amide bonds. The Kier molecular flexibility index (Phi) is 7.42. The molecule has 2 N–H and O–H groups in total. The zero-order valence-electron chi connectivity index (χ0n) is 11.9. The van der Waals surface area contributed by atoms with Gasteiger partial charge in [0.25, 0.3) is 10.2 Å². The molecule has 0 unspecified atom stereocenters. The number of hydrogen-bond acceptors (Lipinski definition) is 4. The Morgan fingerprint density at radius 2 is 2.00 bits per heavy atom. The van der Waals surface area contributed by atoms with Gasteiger partial charge in [-0.3, -0.25) is 4.79 Å². The molecular formula is C12H24N2O5S. The monoisotopic (exact) mass is 308 g/mol. The Morgan fingerprint density at radius 3 is 2.55 bits per heavy atom. The van der Waals surface area contributed by atoms with Crippen LogP contribution in [0.25, 0.3) is 0 Å². The first kappa shape index (κ1) is 17.4. The summed E-state index contributed by atoms with van der Waals surface area (Å²) in [6, 6.07) is 0. The van der Waals surface area contributed by atoms with Crippen molar-refractivity contribution in [3.05, 3.63) is 0 Å². The van der Waals surface area contributed by atoms with Crippen molar-refractivity contribution in [1.29, 1.82) is 0 Å². The number of hydrogen-bond donors (Lipinski definition) is 2. The Bertz CT molecular complexity index is 391.